The number of hydrogen-bond donors (Lipinski definition) is 1. The molecule has 4 saturated carbocycles. The summed E-state index contributed by atoms with van der Waals surface area (Å²) in [7, 11) is 0. The van der Waals surface area contributed by atoms with Gasteiger partial charge in [-0.1, -0.05) is 56.3 Å². The Hall–Kier alpha value is -3.40. The maximum Gasteiger partial charge on any atom is 0.133 e. The highest BCUT2D eigenvalue weighted by molar-refractivity contribution is 5.80. The van der Waals surface area contributed by atoms with E-state index < -0.39 is 0 Å². The lowest BCUT2D eigenvalue weighted by atomic mass is 9.54. The summed E-state index contributed by atoms with van der Waals surface area (Å²) in [6, 6.07) is 23.1. The zero-order valence-corrected chi connectivity index (χ0v) is 31.3. The van der Waals surface area contributed by atoms with Crippen molar-refractivity contribution in [1.82, 2.24) is 0 Å². The van der Waals surface area contributed by atoms with Gasteiger partial charge in [0.1, 0.15) is 29.7 Å². The molecule has 4 fully saturated rings. The largest absolute Gasteiger partial charge is 0.508 e. The third kappa shape index (κ3) is 6.07. The minimum Gasteiger partial charge on any atom is -0.508 e. The number of hydrogen-bond acceptors (Lipinski definition) is 4. The van der Waals surface area contributed by atoms with Crippen molar-refractivity contribution < 1.29 is 19.4 Å². The van der Waals surface area contributed by atoms with Gasteiger partial charge in [-0.05, 0) is 189 Å². The van der Waals surface area contributed by atoms with Crippen LogP contribution in [0.15, 0.2) is 66.7 Å². The zero-order valence-electron chi connectivity index (χ0n) is 31.3. The van der Waals surface area contributed by atoms with Crippen molar-refractivity contribution in [2.24, 2.45) is 46.3 Å². The number of rotatable bonds is 5. The van der Waals surface area contributed by atoms with Crippen molar-refractivity contribution in [2.45, 2.75) is 123 Å². The summed E-state index contributed by atoms with van der Waals surface area (Å²) < 4.78 is 6.08. The topological polar surface area (TPSA) is 63.6 Å². The third-order valence-electron chi connectivity index (χ3n) is 15.6. The minimum absolute atomic E-state index is 0.238. The smallest absolute Gasteiger partial charge is 0.133 e. The first-order valence-electron chi connectivity index (χ1n) is 20.2. The lowest BCUT2D eigenvalue weighted by Gasteiger charge is -2.50. The number of benzene rings is 3. The molecular weight excluding hydrogens is 629 g/mol. The molecule has 0 saturated heterocycles. The number of ether oxygens (including phenoxy) is 1. The summed E-state index contributed by atoms with van der Waals surface area (Å²) in [6.07, 6.45) is 14.2. The Bertz CT molecular complexity index is 1780. The first-order valence-corrected chi connectivity index (χ1v) is 20.2. The first kappa shape index (κ1) is 34.7. The fraction of sp³-hybridized carbons (Fsp3) is 0.574. The van der Waals surface area contributed by atoms with E-state index >= 15 is 0 Å². The van der Waals surface area contributed by atoms with E-state index in [1.165, 1.54) is 73.6 Å². The number of carbonyl (C=O) groups is 2. The predicted octanol–water partition coefficient (Wildman–Crippen LogP) is 10.8. The highest BCUT2D eigenvalue weighted by Crippen LogP contribution is 2.64. The summed E-state index contributed by atoms with van der Waals surface area (Å²) in [5.74, 6) is 7.04. The molecule has 0 heterocycles. The molecule has 0 unspecified atom stereocenters. The molecule has 0 aliphatic heterocycles. The third-order valence-corrected chi connectivity index (χ3v) is 15.6. The van der Waals surface area contributed by atoms with Gasteiger partial charge >= 0.3 is 0 Å². The van der Waals surface area contributed by atoms with Crippen LogP contribution in [0.5, 0.6) is 11.5 Å². The highest BCUT2D eigenvalue weighted by atomic mass is 16.5. The lowest BCUT2D eigenvalue weighted by molar-refractivity contribution is -0.126. The Kier molecular flexibility index (Phi) is 9.20. The number of fused-ring (bicyclic) bond motifs is 10. The fourth-order valence-electron chi connectivity index (χ4n) is 13.3. The van der Waals surface area contributed by atoms with Crippen molar-refractivity contribution >= 4 is 11.6 Å². The number of carbonyl (C=O) groups excluding carboxylic acids is 2. The molecule has 4 heteroatoms. The summed E-state index contributed by atoms with van der Waals surface area (Å²) in [4.78, 5) is 24.3. The summed E-state index contributed by atoms with van der Waals surface area (Å²) >= 11 is 0. The second-order valence-corrected chi connectivity index (χ2v) is 17.9. The number of phenols is 1. The summed E-state index contributed by atoms with van der Waals surface area (Å²) in [5, 5.41) is 9.73. The van der Waals surface area contributed by atoms with Crippen molar-refractivity contribution in [1.29, 1.82) is 0 Å². The van der Waals surface area contributed by atoms with Gasteiger partial charge in [0.25, 0.3) is 0 Å². The van der Waals surface area contributed by atoms with Gasteiger partial charge in [0.05, 0.1) is 0 Å². The van der Waals surface area contributed by atoms with E-state index in [0.29, 0.717) is 53.5 Å². The maximum atomic E-state index is 12.3. The van der Waals surface area contributed by atoms with E-state index in [1.807, 2.05) is 25.1 Å². The SMILES string of the molecule is CC(=O)[C@H]1CC[C@H]2[C@@H]3CCc4cc(O)ccc4[C@H]3CC[C@]12C.CC(=O)[C@H]1CC[C@H]2[C@@H]3CCc4cc(OCc5ccccc5)ccc4[C@H]3CC[C@]12C. The summed E-state index contributed by atoms with van der Waals surface area (Å²) in [5.41, 5.74) is 7.56. The van der Waals surface area contributed by atoms with Crippen LogP contribution in [0.1, 0.15) is 132 Å². The van der Waals surface area contributed by atoms with E-state index in [1.54, 1.807) is 12.5 Å². The molecule has 0 spiro atoms. The Morgan fingerprint density at radius 2 is 1.20 bits per heavy atom. The standard InChI is InChI=1S/C27H32O2.C20H26O2/c1-18(28)25-12-13-26-24-10-8-20-16-21(29-17-19-6-4-3-5-7-19)9-11-22(20)23(24)14-15-27(25,26)2;1-12(21)18-7-8-19-17-5-3-13-11-14(22)4-6-15(13)16(17)9-10-20(18,19)2/h3-7,9,11,16,23-26H,8,10,12-15,17H2,1-2H3;4,6,11,16-19,22H,3,5,7-10H2,1-2H3/t23-,24-,25-,26+,27-;16-,17-,18-,19+,20-/m11/s1. The summed E-state index contributed by atoms with van der Waals surface area (Å²) in [6.45, 7) is 9.04. The number of Topliss-reactive ketones (excluding diaryl/α,β-unsaturated/α-hetero) is 2. The highest BCUT2D eigenvalue weighted by Gasteiger charge is 2.57. The second kappa shape index (κ2) is 13.5. The van der Waals surface area contributed by atoms with Gasteiger partial charge in [-0.25, -0.2) is 0 Å². The first-order chi connectivity index (χ1) is 24.6. The Morgan fingerprint density at radius 1 is 0.667 bits per heavy atom. The van der Waals surface area contributed by atoms with Gasteiger partial charge in [0, 0.05) is 11.8 Å². The molecular formula is C47H58O4. The molecule has 0 aromatic heterocycles. The maximum absolute atomic E-state index is 12.3. The van der Waals surface area contributed by atoms with Crippen LogP contribution in [0.25, 0.3) is 0 Å². The van der Waals surface area contributed by atoms with Crippen LogP contribution in [0.3, 0.4) is 0 Å². The number of ketones is 2. The van der Waals surface area contributed by atoms with Crippen LogP contribution in [0, 0.1) is 46.3 Å². The van der Waals surface area contributed by atoms with Crippen molar-refractivity contribution in [2.75, 3.05) is 0 Å². The van der Waals surface area contributed by atoms with Crippen LogP contribution in [0.4, 0.5) is 0 Å². The van der Waals surface area contributed by atoms with Crippen LogP contribution >= 0.6 is 0 Å². The molecule has 4 nitrogen and oxygen atoms in total. The average molecular weight is 687 g/mol. The average Bonchev–Trinajstić information content (AvgIpc) is 3.68. The monoisotopic (exact) mass is 686 g/mol. The number of phenolic OH excluding ortho intramolecular Hbond substituents is 1. The molecule has 3 aromatic rings. The van der Waals surface area contributed by atoms with Crippen LogP contribution < -0.4 is 4.74 Å². The van der Waals surface area contributed by atoms with Crippen molar-refractivity contribution in [3.63, 3.8) is 0 Å². The quantitative estimate of drug-likeness (QED) is 0.290. The van der Waals surface area contributed by atoms with E-state index in [4.69, 9.17) is 4.74 Å². The van der Waals surface area contributed by atoms with E-state index in [-0.39, 0.29) is 10.8 Å². The molecule has 0 bridgehead atoms. The normalized spacial score (nSPS) is 35.8. The lowest BCUT2D eigenvalue weighted by Crippen LogP contribution is -2.43. The van der Waals surface area contributed by atoms with Gasteiger partial charge < -0.3 is 9.84 Å². The molecule has 6 aliphatic carbocycles. The Morgan fingerprint density at radius 3 is 1.75 bits per heavy atom. The molecule has 10 atom stereocenters. The Balaban J connectivity index is 0.000000152. The zero-order chi connectivity index (χ0) is 35.5. The van der Waals surface area contributed by atoms with Gasteiger partial charge in [0.2, 0.25) is 0 Å². The molecule has 0 radical (unpaired) electrons. The molecule has 51 heavy (non-hydrogen) atoms. The predicted molar refractivity (Wildman–Crippen MR) is 203 cm³/mol. The Labute approximate surface area is 305 Å². The van der Waals surface area contributed by atoms with E-state index in [9.17, 15) is 14.7 Å². The number of aromatic hydroxyl groups is 1. The van der Waals surface area contributed by atoms with Crippen LogP contribution in [-0.4, -0.2) is 16.7 Å². The van der Waals surface area contributed by atoms with Gasteiger partial charge in [-0.15, -0.1) is 0 Å². The molecule has 3 aromatic carbocycles. The van der Waals surface area contributed by atoms with E-state index in [2.05, 4.69) is 62.4 Å². The molecule has 270 valence electrons. The molecule has 0 amide bonds. The van der Waals surface area contributed by atoms with Gasteiger partial charge in [0.15, 0.2) is 0 Å². The van der Waals surface area contributed by atoms with Crippen LogP contribution in [-0.2, 0) is 29.0 Å². The molecule has 9 rings (SSSR count). The molecule has 6 aliphatic rings. The van der Waals surface area contributed by atoms with Crippen LogP contribution in [0.2, 0.25) is 0 Å². The van der Waals surface area contributed by atoms with Gasteiger partial charge in [-0.2, -0.15) is 0 Å². The minimum atomic E-state index is 0.238. The van der Waals surface area contributed by atoms with Crippen molar-refractivity contribution in [3.8, 4) is 11.5 Å². The van der Waals surface area contributed by atoms with E-state index in [0.717, 1.165) is 49.2 Å². The van der Waals surface area contributed by atoms with Gasteiger partial charge in [-0.3, -0.25) is 9.59 Å². The number of aryl methyl sites for hydroxylation is 2. The second-order valence-electron chi connectivity index (χ2n) is 17.9. The van der Waals surface area contributed by atoms with Crippen molar-refractivity contribution in [3.05, 3.63) is 94.5 Å². The molecule has 1 N–H and O–H groups in total. The fourth-order valence-corrected chi connectivity index (χ4v) is 13.3.